The van der Waals surface area contributed by atoms with Crippen LogP contribution in [0.1, 0.15) is 24.6 Å². The highest BCUT2D eigenvalue weighted by atomic mass is 79.9. The van der Waals surface area contributed by atoms with E-state index < -0.39 is 0 Å². The third-order valence-electron chi connectivity index (χ3n) is 3.39. The van der Waals surface area contributed by atoms with Crippen molar-refractivity contribution in [2.24, 2.45) is 0 Å². The highest BCUT2D eigenvalue weighted by Crippen LogP contribution is 2.36. The fourth-order valence-corrected chi connectivity index (χ4v) is 2.88. The summed E-state index contributed by atoms with van der Waals surface area (Å²) < 4.78 is 13.2. The number of carbonyl (C=O) groups excluding carboxylic acids is 1. The highest BCUT2D eigenvalue weighted by Gasteiger charge is 2.15. The Bertz CT molecular complexity index is 911. The lowest BCUT2D eigenvalue weighted by molar-refractivity contribution is -0.118. The smallest absolute Gasteiger partial charge is 0.263 e. The third-order valence-corrected chi connectivity index (χ3v) is 3.98. The Morgan fingerprint density at radius 3 is 2.78 bits per heavy atom. The van der Waals surface area contributed by atoms with E-state index in [1.165, 1.54) is 0 Å². The van der Waals surface area contributed by atoms with Crippen LogP contribution in [0.2, 0.25) is 0 Å². The summed E-state index contributed by atoms with van der Waals surface area (Å²) in [4.78, 5) is 12.3. The van der Waals surface area contributed by atoms with E-state index in [2.05, 4.69) is 26.3 Å². The molecule has 0 unspecified atom stereocenters. The Morgan fingerprint density at radius 1 is 1.33 bits per heavy atom. The normalized spacial score (nSPS) is 9.96. The van der Waals surface area contributed by atoms with Gasteiger partial charge in [-0.25, -0.2) is 4.68 Å². The quantitative estimate of drug-likeness (QED) is 0.686. The Hall–Kier alpha value is -3.04. The lowest BCUT2D eigenvalue weighted by atomic mass is 10.2. The topological polar surface area (TPSA) is 113 Å². The Labute approximate surface area is 165 Å². The van der Waals surface area contributed by atoms with Crippen LogP contribution >= 0.6 is 15.9 Å². The minimum atomic E-state index is -0.383. The molecule has 0 spiro atoms. The lowest BCUT2D eigenvalue weighted by Gasteiger charge is -2.14. The van der Waals surface area contributed by atoms with Gasteiger partial charge in [-0.05, 0) is 35.8 Å². The van der Waals surface area contributed by atoms with Gasteiger partial charge in [-0.2, -0.15) is 15.6 Å². The van der Waals surface area contributed by atoms with Crippen molar-refractivity contribution in [3.8, 4) is 23.6 Å². The van der Waals surface area contributed by atoms with Gasteiger partial charge >= 0.3 is 0 Å². The number of ether oxygens (including phenoxy) is 2. The predicted octanol–water partition coefficient (Wildman–Crippen LogP) is 3.16. The van der Waals surface area contributed by atoms with Crippen LogP contribution in [0.25, 0.3) is 0 Å². The second-order valence-electron chi connectivity index (χ2n) is 5.47. The summed E-state index contributed by atoms with van der Waals surface area (Å²) >= 11 is 3.34. The molecule has 0 atom stereocenters. The summed E-state index contributed by atoms with van der Waals surface area (Å²) in [5, 5.41) is 24.7. The minimum absolute atomic E-state index is 0.257. The van der Waals surface area contributed by atoms with E-state index in [1.807, 2.05) is 19.1 Å². The molecule has 1 aromatic carbocycles. The number of benzene rings is 1. The average Bonchev–Trinajstić information content (AvgIpc) is 2.98. The Kier molecular flexibility index (Phi) is 7.21. The molecule has 0 aliphatic heterocycles. The predicted molar refractivity (Wildman–Crippen MR) is 101 cm³/mol. The molecule has 2 rings (SSSR count). The molecular weight excluding hydrogens is 414 g/mol. The van der Waals surface area contributed by atoms with Crippen molar-refractivity contribution >= 4 is 27.7 Å². The monoisotopic (exact) mass is 431 g/mol. The zero-order valence-electron chi connectivity index (χ0n) is 15.0. The lowest BCUT2D eigenvalue weighted by Crippen LogP contribution is -2.22. The van der Waals surface area contributed by atoms with Crippen LogP contribution < -0.4 is 14.8 Å². The number of rotatable bonds is 8. The molecule has 0 saturated carbocycles. The molecule has 8 nitrogen and oxygen atoms in total. The standard InChI is InChI=1S/C18H18BrN5O3/c1-3-26-15-9-13(10-21)8-14(19)18(15)27-11-17(25)22-16-7-12(2)23-24(16)6-4-5-20/h7-9H,3-4,6,11H2,1-2H3,(H,22,25). The number of aromatic nitrogens is 2. The summed E-state index contributed by atoms with van der Waals surface area (Å²) in [5.74, 6) is 0.846. The van der Waals surface area contributed by atoms with Crippen molar-refractivity contribution in [2.45, 2.75) is 26.8 Å². The molecule has 0 saturated heterocycles. The number of nitrogens with zero attached hydrogens (tertiary/aromatic N) is 4. The van der Waals surface area contributed by atoms with Gasteiger partial charge in [0.15, 0.2) is 18.1 Å². The van der Waals surface area contributed by atoms with Crippen molar-refractivity contribution in [1.29, 1.82) is 10.5 Å². The van der Waals surface area contributed by atoms with Crippen LogP contribution in [-0.4, -0.2) is 28.9 Å². The summed E-state index contributed by atoms with van der Waals surface area (Å²) in [6.07, 6.45) is 0.288. The highest BCUT2D eigenvalue weighted by molar-refractivity contribution is 9.10. The van der Waals surface area contributed by atoms with E-state index in [9.17, 15) is 4.79 Å². The van der Waals surface area contributed by atoms with Gasteiger partial charge in [0, 0.05) is 12.1 Å². The molecule has 9 heteroatoms. The molecule has 1 amide bonds. The maximum Gasteiger partial charge on any atom is 0.263 e. The SMILES string of the molecule is CCOc1cc(C#N)cc(Br)c1OCC(=O)Nc1cc(C)nn1CCC#N. The molecule has 0 bridgehead atoms. The molecule has 0 aliphatic rings. The summed E-state index contributed by atoms with van der Waals surface area (Å²) in [7, 11) is 0. The molecule has 27 heavy (non-hydrogen) atoms. The van der Waals surface area contributed by atoms with E-state index in [1.54, 1.807) is 29.8 Å². The number of anilines is 1. The fourth-order valence-electron chi connectivity index (χ4n) is 2.32. The molecule has 0 radical (unpaired) electrons. The van der Waals surface area contributed by atoms with E-state index in [-0.39, 0.29) is 18.9 Å². The molecule has 140 valence electrons. The average molecular weight is 432 g/mol. The molecule has 1 aromatic heterocycles. The van der Waals surface area contributed by atoms with Gasteiger partial charge in [-0.15, -0.1) is 0 Å². The van der Waals surface area contributed by atoms with Crippen molar-refractivity contribution < 1.29 is 14.3 Å². The molecule has 1 N–H and O–H groups in total. The van der Waals surface area contributed by atoms with Crippen molar-refractivity contribution in [2.75, 3.05) is 18.5 Å². The van der Waals surface area contributed by atoms with Gasteiger partial charge in [0.1, 0.15) is 5.82 Å². The van der Waals surface area contributed by atoms with Crippen molar-refractivity contribution in [3.63, 3.8) is 0 Å². The van der Waals surface area contributed by atoms with Gasteiger partial charge in [0.25, 0.3) is 5.91 Å². The first-order valence-corrected chi connectivity index (χ1v) is 8.98. The van der Waals surface area contributed by atoms with Crippen molar-refractivity contribution in [3.05, 3.63) is 33.9 Å². The Morgan fingerprint density at radius 2 is 2.11 bits per heavy atom. The van der Waals surface area contributed by atoms with Gasteiger partial charge in [0.05, 0.1) is 47.4 Å². The van der Waals surface area contributed by atoms with Gasteiger partial charge in [0.2, 0.25) is 0 Å². The van der Waals surface area contributed by atoms with Crippen LogP contribution in [0.4, 0.5) is 5.82 Å². The van der Waals surface area contributed by atoms with Gasteiger partial charge in [-0.3, -0.25) is 4.79 Å². The summed E-state index contributed by atoms with van der Waals surface area (Å²) in [5.41, 5.74) is 1.15. The third kappa shape index (κ3) is 5.47. The molecule has 2 aromatic rings. The van der Waals surface area contributed by atoms with Crippen LogP contribution in [0, 0.1) is 29.6 Å². The number of aryl methyl sites for hydroxylation is 2. The number of nitriles is 2. The number of nitrogens with one attached hydrogen (secondary N) is 1. The first kappa shape index (κ1) is 20.3. The van der Waals surface area contributed by atoms with Crippen LogP contribution in [0.5, 0.6) is 11.5 Å². The van der Waals surface area contributed by atoms with E-state index in [0.29, 0.717) is 40.5 Å². The number of hydrogen-bond acceptors (Lipinski definition) is 6. The van der Waals surface area contributed by atoms with E-state index in [0.717, 1.165) is 5.69 Å². The molecular formula is C18H18BrN5O3. The number of carbonyl (C=O) groups is 1. The molecule has 0 fully saturated rings. The van der Waals surface area contributed by atoms with Crippen LogP contribution in [-0.2, 0) is 11.3 Å². The fraction of sp³-hybridized carbons (Fsp3) is 0.333. The van der Waals surface area contributed by atoms with E-state index in [4.69, 9.17) is 20.0 Å². The Balaban J connectivity index is 2.08. The minimum Gasteiger partial charge on any atom is -0.490 e. The number of hydrogen-bond donors (Lipinski definition) is 1. The number of amides is 1. The second-order valence-corrected chi connectivity index (χ2v) is 6.32. The summed E-state index contributed by atoms with van der Waals surface area (Å²) in [6.45, 7) is 4.14. The second kappa shape index (κ2) is 9.60. The van der Waals surface area contributed by atoms with E-state index >= 15 is 0 Å². The first-order valence-electron chi connectivity index (χ1n) is 8.19. The maximum absolute atomic E-state index is 12.3. The zero-order valence-corrected chi connectivity index (χ0v) is 16.5. The van der Waals surface area contributed by atoms with Crippen LogP contribution in [0.3, 0.4) is 0 Å². The van der Waals surface area contributed by atoms with Crippen LogP contribution in [0.15, 0.2) is 22.7 Å². The summed E-state index contributed by atoms with van der Waals surface area (Å²) in [6, 6.07) is 8.96. The number of halogens is 1. The van der Waals surface area contributed by atoms with Crippen molar-refractivity contribution in [1.82, 2.24) is 9.78 Å². The zero-order chi connectivity index (χ0) is 19.8. The first-order chi connectivity index (χ1) is 13.0. The largest absolute Gasteiger partial charge is 0.490 e. The molecule has 0 aliphatic carbocycles. The molecule has 1 heterocycles. The maximum atomic E-state index is 12.3. The van der Waals surface area contributed by atoms with Gasteiger partial charge in [-0.1, -0.05) is 0 Å². The van der Waals surface area contributed by atoms with Gasteiger partial charge < -0.3 is 14.8 Å².